The SMILES string of the molecule is COc1nc(OC)nc(Oc2ccccn2)n1. The zero-order valence-corrected chi connectivity index (χ0v) is 9.32. The van der Waals surface area contributed by atoms with Crippen molar-refractivity contribution >= 4 is 0 Å². The third-order valence-corrected chi connectivity index (χ3v) is 1.77. The average molecular weight is 234 g/mol. The van der Waals surface area contributed by atoms with E-state index in [4.69, 9.17) is 14.2 Å². The topological polar surface area (TPSA) is 79.2 Å². The molecule has 2 heterocycles. The summed E-state index contributed by atoms with van der Waals surface area (Å²) in [5.74, 6) is 0.378. The van der Waals surface area contributed by atoms with Gasteiger partial charge in [0.1, 0.15) is 0 Å². The molecule has 0 radical (unpaired) electrons. The number of ether oxygens (including phenoxy) is 3. The zero-order valence-electron chi connectivity index (χ0n) is 9.32. The number of hydrogen-bond acceptors (Lipinski definition) is 7. The van der Waals surface area contributed by atoms with Gasteiger partial charge in [0.05, 0.1) is 14.2 Å². The Morgan fingerprint density at radius 1 is 0.882 bits per heavy atom. The summed E-state index contributed by atoms with van der Waals surface area (Å²) in [6, 6.07) is 5.54. The van der Waals surface area contributed by atoms with Crippen LogP contribution in [-0.4, -0.2) is 34.2 Å². The number of pyridine rings is 1. The second-order valence-electron chi connectivity index (χ2n) is 2.86. The molecule has 0 amide bonds. The van der Waals surface area contributed by atoms with Crippen LogP contribution >= 0.6 is 0 Å². The molecule has 7 nitrogen and oxygen atoms in total. The fourth-order valence-corrected chi connectivity index (χ4v) is 1.05. The van der Waals surface area contributed by atoms with E-state index in [1.807, 2.05) is 0 Å². The average Bonchev–Trinajstić information content (AvgIpc) is 2.39. The van der Waals surface area contributed by atoms with Gasteiger partial charge in [0.2, 0.25) is 5.88 Å². The van der Waals surface area contributed by atoms with E-state index in [1.54, 1.807) is 24.4 Å². The van der Waals surface area contributed by atoms with Crippen LogP contribution in [0.5, 0.6) is 23.9 Å². The third-order valence-electron chi connectivity index (χ3n) is 1.77. The second kappa shape index (κ2) is 5.06. The van der Waals surface area contributed by atoms with Crippen molar-refractivity contribution in [1.29, 1.82) is 0 Å². The van der Waals surface area contributed by atoms with Crippen molar-refractivity contribution in [2.75, 3.05) is 14.2 Å². The Kier molecular flexibility index (Phi) is 3.29. The van der Waals surface area contributed by atoms with E-state index < -0.39 is 0 Å². The molecule has 2 aromatic heterocycles. The highest BCUT2D eigenvalue weighted by Crippen LogP contribution is 2.18. The van der Waals surface area contributed by atoms with Crippen molar-refractivity contribution in [3.8, 4) is 23.9 Å². The molecule has 0 fully saturated rings. The van der Waals surface area contributed by atoms with Crippen molar-refractivity contribution in [1.82, 2.24) is 19.9 Å². The number of aromatic nitrogens is 4. The maximum absolute atomic E-state index is 5.33. The van der Waals surface area contributed by atoms with Gasteiger partial charge >= 0.3 is 18.0 Å². The Morgan fingerprint density at radius 3 is 2.06 bits per heavy atom. The number of hydrogen-bond donors (Lipinski definition) is 0. The van der Waals surface area contributed by atoms with E-state index in [1.165, 1.54) is 14.2 Å². The zero-order chi connectivity index (χ0) is 12.1. The molecule has 0 atom stereocenters. The first-order chi connectivity index (χ1) is 8.31. The van der Waals surface area contributed by atoms with E-state index in [0.717, 1.165) is 0 Å². The molecule has 0 aromatic carbocycles. The summed E-state index contributed by atoms with van der Waals surface area (Å²) in [6.07, 6.45) is 1.60. The molecular formula is C10H10N4O3. The second-order valence-corrected chi connectivity index (χ2v) is 2.86. The number of nitrogens with zero attached hydrogens (tertiary/aromatic N) is 4. The van der Waals surface area contributed by atoms with Gasteiger partial charge in [-0.3, -0.25) is 0 Å². The maximum atomic E-state index is 5.33. The largest absolute Gasteiger partial charge is 0.467 e. The lowest BCUT2D eigenvalue weighted by Gasteiger charge is -2.05. The fraction of sp³-hybridized carbons (Fsp3) is 0.200. The summed E-state index contributed by atoms with van der Waals surface area (Å²) in [5, 5.41) is 0. The van der Waals surface area contributed by atoms with E-state index in [9.17, 15) is 0 Å². The minimum atomic E-state index is 0.0624. The molecule has 0 spiro atoms. The summed E-state index contributed by atoms with van der Waals surface area (Å²) in [5.41, 5.74) is 0. The fourth-order valence-electron chi connectivity index (χ4n) is 1.05. The van der Waals surface area contributed by atoms with Gasteiger partial charge in [0, 0.05) is 12.3 Å². The van der Waals surface area contributed by atoms with Crippen molar-refractivity contribution in [3.63, 3.8) is 0 Å². The first kappa shape index (κ1) is 11.1. The summed E-state index contributed by atoms with van der Waals surface area (Å²) in [6.45, 7) is 0. The van der Waals surface area contributed by atoms with Crippen LogP contribution in [0.3, 0.4) is 0 Å². The van der Waals surface area contributed by atoms with Crippen molar-refractivity contribution < 1.29 is 14.2 Å². The van der Waals surface area contributed by atoms with E-state index >= 15 is 0 Å². The predicted molar refractivity (Wildman–Crippen MR) is 57.2 cm³/mol. The Bertz CT molecular complexity index is 470. The molecule has 0 unspecified atom stereocenters. The van der Waals surface area contributed by atoms with Crippen LogP contribution in [-0.2, 0) is 0 Å². The highest BCUT2D eigenvalue weighted by Gasteiger charge is 2.09. The Labute approximate surface area is 97.4 Å². The van der Waals surface area contributed by atoms with Crippen molar-refractivity contribution in [2.24, 2.45) is 0 Å². The van der Waals surface area contributed by atoms with Gasteiger partial charge in [0.25, 0.3) is 0 Å². The minimum Gasteiger partial charge on any atom is -0.467 e. The van der Waals surface area contributed by atoms with Gasteiger partial charge in [-0.25, -0.2) is 4.98 Å². The first-order valence-corrected chi connectivity index (χ1v) is 4.75. The van der Waals surface area contributed by atoms with Crippen molar-refractivity contribution in [3.05, 3.63) is 24.4 Å². The van der Waals surface area contributed by atoms with E-state index in [-0.39, 0.29) is 18.0 Å². The highest BCUT2D eigenvalue weighted by atomic mass is 16.5. The van der Waals surface area contributed by atoms with Gasteiger partial charge < -0.3 is 14.2 Å². The minimum absolute atomic E-state index is 0.0624. The summed E-state index contributed by atoms with van der Waals surface area (Å²) in [7, 11) is 2.89. The molecule has 17 heavy (non-hydrogen) atoms. The standard InChI is InChI=1S/C10H10N4O3/c1-15-8-12-9(16-2)14-10(13-8)17-7-5-3-4-6-11-7/h3-6H,1-2H3. The monoisotopic (exact) mass is 234 g/mol. The maximum Gasteiger partial charge on any atom is 0.332 e. The van der Waals surface area contributed by atoms with Gasteiger partial charge in [-0.2, -0.15) is 0 Å². The van der Waals surface area contributed by atoms with Gasteiger partial charge in [-0.15, -0.1) is 15.0 Å². The Hall–Kier alpha value is -2.44. The van der Waals surface area contributed by atoms with Gasteiger partial charge in [0.15, 0.2) is 0 Å². The first-order valence-electron chi connectivity index (χ1n) is 4.75. The predicted octanol–water partition coefficient (Wildman–Crippen LogP) is 1.08. The molecule has 0 aliphatic heterocycles. The molecule has 2 rings (SSSR count). The summed E-state index contributed by atoms with van der Waals surface area (Å²) >= 11 is 0. The molecule has 0 saturated heterocycles. The van der Waals surface area contributed by atoms with Crippen LogP contribution in [0.25, 0.3) is 0 Å². The third kappa shape index (κ3) is 2.77. The van der Waals surface area contributed by atoms with Crippen LogP contribution in [0.1, 0.15) is 0 Å². The smallest absolute Gasteiger partial charge is 0.332 e. The molecule has 0 aliphatic rings. The molecule has 0 bridgehead atoms. The molecule has 0 saturated carbocycles. The summed E-state index contributed by atoms with van der Waals surface area (Å²) in [4.78, 5) is 15.6. The van der Waals surface area contributed by atoms with Crippen LogP contribution in [0.4, 0.5) is 0 Å². The lowest BCUT2D eigenvalue weighted by molar-refractivity contribution is 0.318. The molecule has 0 aliphatic carbocycles. The summed E-state index contributed by atoms with van der Waals surface area (Å²) < 4.78 is 15.1. The Balaban J connectivity index is 2.26. The molecule has 0 N–H and O–H groups in total. The van der Waals surface area contributed by atoms with Gasteiger partial charge in [-0.1, -0.05) is 6.07 Å². The molecule has 7 heteroatoms. The van der Waals surface area contributed by atoms with E-state index in [0.29, 0.717) is 5.88 Å². The van der Waals surface area contributed by atoms with E-state index in [2.05, 4.69) is 19.9 Å². The number of methoxy groups -OCH3 is 2. The number of rotatable bonds is 4. The van der Waals surface area contributed by atoms with Crippen LogP contribution in [0, 0.1) is 0 Å². The quantitative estimate of drug-likeness (QED) is 0.782. The molecular weight excluding hydrogens is 224 g/mol. The highest BCUT2D eigenvalue weighted by molar-refractivity contribution is 5.16. The van der Waals surface area contributed by atoms with Crippen LogP contribution in [0.15, 0.2) is 24.4 Å². The normalized spacial score (nSPS) is 9.76. The Morgan fingerprint density at radius 2 is 1.53 bits per heavy atom. The molecule has 2 aromatic rings. The van der Waals surface area contributed by atoms with Crippen LogP contribution < -0.4 is 14.2 Å². The lowest BCUT2D eigenvalue weighted by Crippen LogP contribution is -2.01. The van der Waals surface area contributed by atoms with Gasteiger partial charge in [-0.05, 0) is 6.07 Å². The molecule has 88 valence electrons. The van der Waals surface area contributed by atoms with Crippen LogP contribution in [0.2, 0.25) is 0 Å². The van der Waals surface area contributed by atoms with Crippen molar-refractivity contribution in [2.45, 2.75) is 0 Å². The lowest BCUT2D eigenvalue weighted by atomic mass is 10.5.